The van der Waals surface area contributed by atoms with Crippen molar-refractivity contribution >= 4 is 34.1 Å². The van der Waals surface area contributed by atoms with Crippen LogP contribution in [0.15, 0.2) is 48.7 Å². The van der Waals surface area contributed by atoms with Gasteiger partial charge in [-0.25, -0.2) is 4.39 Å². The van der Waals surface area contributed by atoms with Crippen LogP contribution in [0.2, 0.25) is 0 Å². The van der Waals surface area contributed by atoms with E-state index in [2.05, 4.69) is 15.6 Å². The number of benzene rings is 2. The Morgan fingerprint density at radius 1 is 1.16 bits per heavy atom. The molecule has 1 aliphatic rings. The van der Waals surface area contributed by atoms with Crippen molar-refractivity contribution in [3.8, 4) is 0 Å². The van der Waals surface area contributed by atoms with E-state index in [0.29, 0.717) is 35.0 Å². The third-order valence-electron chi connectivity index (χ3n) is 4.23. The van der Waals surface area contributed by atoms with Crippen LogP contribution in [0.25, 0.3) is 10.9 Å². The molecule has 2 amide bonds. The molecule has 0 spiro atoms. The van der Waals surface area contributed by atoms with E-state index in [1.165, 1.54) is 12.1 Å². The molecule has 0 saturated heterocycles. The Bertz CT molecular complexity index is 1010. The van der Waals surface area contributed by atoms with Gasteiger partial charge in [0.1, 0.15) is 5.82 Å². The zero-order chi connectivity index (χ0) is 17.4. The summed E-state index contributed by atoms with van der Waals surface area (Å²) < 4.78 is 14.3. The van der Waals surface area contributed by atoms with Crippen LogP contribution >= 0.6 is 0 Å². The number of hydrogen-bond donors (Lipinski definition) is 2. The van der Waals surface area contributed by atoms with Crippen LogP contribution in [0.3, 0.4) is 0 Å². The monoisotopic (exact) mass is 335 g/mol. The lowest BCUT2D eigenvalue weighted by Crippen LogP contribution is -2.20. The average Bonchev–Trinajstić information content (AvgIpc) is 2.62. The van der Waals surface area contributed by atoms with Crippen LogP contribution in [0.1, 0.15) is 22.3 Å². The number of amides is 2. The molecule has 3 aromatic rings. The zero-order valence-corrected chi connectivity index (χ0v) is 13.2. The summed E-state index contributed by atoms with van der Waals surface area (Å²) in [5.41, 5.74) is 2.39. The normalized spacial score (nSPS) is 13.2. The third-order valence-corrected chi connectivity index (χ3v) is 4.23. The van der Waals surface area contributed by atoms with Gasteiger partial charge in [0.25, 0.3) is 5.91 Å². The largest absolute Gasteiger partial charge is 0.326 e. The smallest absolute Gasteiger partial charge is 0.256 e. The molecule has 0 atom stereocenters. The number of aryl methyl sites for hydroxylation is 1. The third kappa shape index (κ3) is 2.82. The van der Waals surface area contributed by atoms with Crippen molar-refractivity contribution in [3.63, 3.8) is 0 Å². The van der Waals surface area contributed by atoms with Crippen molar-refractivity contribution in [3.05, 3.63) is 65.6 Å². The highest BCUT2D eigenvalue weighted by Crippen LogP contribution is 2.29. The van der Waals surface area contributed by atoms with Gasteiger partial charge in [0.05, 0.1) is 11.2 Å². The Labute approximate surface area is 142 Å². The summed E-state index contributed by atoms with van der Waals surface area (Å²) in [6, 6.07) is 11.6. The summed E-state index contributed by atoms with van der Waals surface area (Å²) in [5, 5.41) is 5.98. The van der Waals surface area contributed by atoms with E-state index in [9.17, 15) is 14.0 Å². The summed E-state index contributed by atoms with van der Waals surface area (Å²) in [4.78, 5) is 28.3. The number of nitrogens with one attached hydrogen (secondary N) is 2. The number of anilines is 2. The molecule has 0 bridgehead atoms. The molecule has 5 nitrogen and oxygen atoms in total. The maximum Gasteiger partial charge on any atom is 0.256 e. The van der Waals surface area contributed by atoms with Crippen molar-refractivity contribution in [2.24, 2.45) is 0 Å². The second kappa shape index (κ2) is 5.98. The molecule has 2 heterocycles. The van der Waals surface area contributed by atoms with E-state index >= 15 is 0 Å². The highest BCUT2D eigenvalue weighted by molar-refractivity contribution is 6.12. The van der Waals surface area contributed by atoms with Crippen molar-refractivity contribution in [2.75, 3.05) is 10.6 Å². The quantitative estimate of drug-likeness (QED) is 0.753. The molecule has 124 valence electrons. The van der Waals surface area contributed by atoms with Crippen LogP contribution in [0.4, 0.5) is 15.8 Å². The van der Waals surface area contributed by atoms with Crippen molar-refractivity contribution in [1.82, 2.24) is 4.98 Å². The first kappa shape index (κ1) is 15.3. The van der Waals surface area contributed by atoms with E-state index in [1.54, 1.807) is 36.5 Å². The topological polar surface area (TPSA) is 71.1 Å². The highest BCUT2D eigenvalue weighted by atomic mass is 19.1. The first-order valence-electron chi connectivity index (χ1n) is 7.89. The van der Waals surface area contributed by atoms with E-state index in [-0.39, 0.29) is 11.6 Å². The minimum atomic E-state index is -0.526. The number of aromatic nitrogens is 1. The van der Waals surface area contributed by atoms with Gasteiger partial charge in [-0.2, -0.15) is 0 Å². The number of hydrogen-bond acceptors (Lipinski definition) is 3. The first-order chi connectivity index (χ1) is 12.1. The molecule has 2 aromatic carbocycles. The molecule has 0 fully saturated rings. The van der Waals surface area contributed by atoms with Crippen LogP contribution < -0.4 is 10.6 Å². The second-order valence-corrected chi connectivity index (χ2v) is 5.87. The van der Waals surface area contributed by atoms with Crippen LogP contribution in [0, 0.1) is 5.82 Å². The lowest BCUT2D eigenvalue weighted by Gasteiger charge is -2.18. The average molecular weight is 335 g/mol. The Morgan fingerprint density at radius 2 is 2.04 bits per heavy atom. The minimum absolute atomic E-state index is 0.0341. The molecular formula is C19H14FN3O2. The van der Waals surface area contributed by atoms with Crippen molar-refractivity contribution in [1.29, 1.82) is 0 Å². The number of nitrogens with zero attached hydrogens (tertiary/aromatic N) is 1. The van der Waals surface area contributed by atoms with Crippen LogP contribution in [0.5, 0.6) is 0 Å². The van der Waals surface area contributed by atoms with E-state index in [0.717, 1.165) is 5.56 Å². The summed E-state index contributed by atoms with van der Waals surface area (Å²) in [6.07, 6.45) is 2.47. The van der Waals surface area contributed by atoms with E-state index < -0.39 is 11.7 Å². The van der Waals surface area contributed by atoms with Crippen molar-refractivity contribution < 1.29 is 14.0 Å². The number of halogens is 1. The van der Waals surface area contributed by atoms with E-state index in [1.807, 2.05) is 0 Å². The first-order valence-corrected chi connectivity index (χ1v) is 7.89. The molecule has 2 N–H and O–H groups in total. The van der Waals surface area contributed by atoms with Gasteiger partial charge in [-0.3, -0.25) is 14.6 Å². The van der Waals surface area contributed by atoms with Gasteiger partial charge in [0.2, 0.25) is 5.91 Å². The molecule has 25 heavy (non-hydrogen) atoms. The van der Waals surface area contributed by atoms with Crippen LogP contribution in [-0.4, -0.2) is 16.8 Å². The summed E-state index contributed by atoms with van der Waals surface area (Å²) in [5.74, 6) is -1.07. The fourth-order valence-electron chi connectivity index (χ4n) is 2.99. The van der Waals surface area contributed by atoms with Gasteiger partial charge in [0.15, 0.2) is 0 Å². The SMILES string of the molecule is O=C1CCc2cc(F)c(NC(=O)c3cccc4ncccc34)cc2N1. The lowest BCUT2D eigenvalue weighted by molar-refractivity contribution is -0.116. The van der Waals surface area contributed by atoms with Crippen molar-refractivity contribution in [2.45, 2.75) is 12.8 Å². The Balaban J connectivity index is 1.69. The molecular weight excluding hydrogens is 321 g/mol. The molecule has 0 saturated carbocycles. The Morgan fingerprint density at radius 3 is 2.92 bits per heavy atom. The summed E-state index contributed by atoms with van der Waals surface area (Å²) in [7, 11) is 0. The van der Waals surface area contributed by atoms with Crippen LogP contribution in [-0.2, 0) is 11.2 Å². The predicted octanol–water partition coefficient (Wildman–Crippen LogP) is 3.51. The summed E-state index contributed by atoms with van der Waals surface area (Å²) >= 11 is 0. The Kier molecular flexibility index (Phi) is 3.65. The molecule has 0 unspecified atom stereocenters. The molecule has 0 aliphatic carbocycles. The zero-order valence-electron chi connectivity index (χ0n) is 13.2. The Hall–Kier alpha value is -3.28. The predicted molar refractivity (Wildman–Crippen MR) is 93.0 cm³/mol. The van der Waals surface area contributed by atoms with Gasteiger partial charge in [-0.15, -0.1) is 0 Å². The fourth-order valence-corrected chi connectivity index (χ4v) is 2.99. The fraction of sp³-hybridized carbons (Fsp3) is 0.105. The molecule has 1 aliphatic heterocycles. The number of carbonyl (C=O) groups excluding carboxylic acids is 2. The molecule has 4 rings (SSSR count). The maximum atomic E-state index is 14.3. The number of carbonyl (C=O) groups is 2. The maximum absolute atomic E-state index is 14.3. The standard InChI is InChI=1S/C19H14FN3O2/c20-14-9-11-6-7-18(24)22-16(11)10-17(14)23-19(25)13-3-1-5-15-12(13)4-2-8-21-15/h1-5,8-10H,6-7H2,(H,22,24)(H,23,25). The second-order valence-electron chi connectivity index (χ2n) is 5.87. The van der Waals surface area contributed by atoms with Gasteiger partial charge < -0.3 is 10.6 Å². The number of fused-ring (bicyclic) bond motifs is 2. The molecule has 1 aromatic heterocycles. The molecule has 0 radical (unpaired) electrons. The minimum Gasteiger partial charge on any atom is -0.326 e. The summed E-state index contributed by atoms with van der Waals surface area (Å²) in [6.45, 7) is 0. The van der Waals surface area contributed by atoms with Gasteiger partial charge in [-0.05, 0) is 42.3 Å². The lowest BCUT2D eigenvalue weighted by atomic mass is 10.0. The van der Waals surface area contributed by atoms with E-state index in [4.69, 9.17) is 0 Å². The van der Waals surface area contributed by atoms with Gasteiger partial charge >= 0.3 is 0 Å². The van der Waals surface area contributed by atoms with Gasteiger partial charge in [-0.1, -0.05) is 12.1 Å². The number of rotatable bonds is 2. The highest BCUT2D eigenvalue weighted by Gasteiger charge is 2.19. The van der Waals surface area contributed by atoms with Gasteiger partial charge in [0, 0.05) is 29.3 Å². The molecule has 6 heteroatoms. The number of pyridine rings is 1.